The largest absolute Gasteiger partial charge is 0.497 e. The molecule has 0 radical (unpaired) electrons. The summed E-state index contributed by atoms with van der Waals surface area (Å²) >= 11 is 0. The number of unbranched alkanes of at least 4 members (excludes halogenated alkanes) is 6. The Balaban J connectivity index is 2.21. The minimum Gasteiger partial charge on any atom is -0.497 e. The van der Waals surface area contributed by atoms with Crippen LogP contribution in [0.2, 0.25) is 0 Å². The number of ether oxygens (including phenoxy) is 2. The fraction of sp³-hybridized carbons (Fsp3) is 0.647. The van der Waals surface area contributed by atoms with Crippen molar-refractivity contribution >= 4 is 0 Å². The average Bonchev–Trinajstić information content (AvgIpc) is 2.49. The van der Waals surface area contributed by atoms with Gasteiger partial charge in [0, 0.05) is 12.6 Å². The molecule has 0 amide bonds. The fourth-order valence-corrected chi connectivity index (χ4v) is 2.20. The molecule has 1 aromatic rings. The van der Waals surface area contributed by atoms with Crippen LogP contribution in [0.15, 0.2) is 18.2 Å². The second-order valence-electron chi connectivity index (χ2n) is 5.19. The second kappa shape index (κ2) is 10.6. The quantitative estimate of drug-likeness (QED) is 0.615. The lowest BCUT2D eigenvalue weighted by Crippen LogP contribution is -2.01. The van der Waals surface area contributed by atoms with Crippen LogP contribution in [0.4, 0.5) is 0 Å². The van der Waals surface area contributed by atoms with E-state index in [0.717, 1.165) is 30.1 Å². The molecule has 114 valence electrons. The van der Waals surface area contributed by atoms with Crippen LogP contribution < -0.4 is 15.2 Å². The number of benzene rings is 1. The van der Waals surface area contributed by atoms with E-state index < -0.39 is 0 Å². The van der Waals surface area contributed by atoms with Crippen LogP contribution in [-0.2, 0) is 6.54 Å². The van der Waals surface area contributed by atoms with Gasteiger partial charge in [0.05, 0.1) is 13.7 Å². The molecule has 3 heteroatoms. The van der Waals surface area contributed by atoms with E-state index in [2.05, 4.69) is 6.92 Å². The monoisotopic (exact) mass is 279 g/mol. The molecule has 0 aliphatic rings. The first-order valence-corrected chi connectivity index (χ1v) is 7.81. The van der Waals surface area contributed by atoms with Crippen LogP contribution >= 0.6 is 0 Å². The maximum absolute atomic E-state index is 5.78. The predicted molar refractivity (Wildman–Crippen MR) is 84.4 cm³/mol. The van der Waals surface area contributed by atoms with Gasteiger partial charge in [0.1, 0.15) is 11.5 Å². The van der Waals surface area contributed by atoms with Crippen molar-refractivity contribution in [1.29, 1.82) is 0 Å². The van der Waals surface area contributed by atoms with E-state index in [0.29, 0.717) is 6.54 Å². The second-order valence-corrected chi connectivity index (χ2v) is 5.19. The van der Waals surface area contributed by atoms with E-state index in [4.69, 9.17) is 15.2 Å². The predicted octanol–water partition coefficient (Wildman–Crippen LogP) is 4.28. The van der Waals surface area contributed by atoms with Gasteiger partial charge in [-0.25, -0.2) is 0 Å². The minimum absolute atomic E-state index is 0.505. The summed E-state index contributed by atoms with van der Waals surface area (Å²) in [5.74, 6) is 1.67. The third-order valence-corrected chi connectivity index (χ3v) is 3.43. The molecule has 0 unspecified atom stereocenters. The van der Waals surface area contributed by atoms with Crippen molar-refractivity contribution in [2.24, 2.45) is 5.73 Å². The first kappa shape index (κ1) is 16.8. The number of nitrogens with two attached hydrogens (primary N) is 1. The van der Waals surface area contributed by atoms with Gasteiger partial charge in [0.25, 0.3) is 0 Å². The van der Waals surface area contributed by atoms with E-state index in [9.17, 15) is 0 Å². The summed E-state index contributed by atoms with van der Waals surface area (Å²) in [6.07, 6.45) is 9.07. The topological polar surface area (TPSA) is 44.5 Å². The molecular formula is C17H29NO2. The Hall–Kier alpha value is -1.22. The van der Waals surface area contributed by atoms with E-state index in [-0.39, 0.29) is 0 Å². The Kier molecular flexibility index (Phi) is 8.88. The summed E-state index contributed by atoms with van der Waals surface area (Å²) < 4.78 is 11.0. The highest BCUT2D eigenvalue weighted by molar-refractivity contribution is 5.38. The normalized spacial score (nSPS) is 10.6. The molecule has 0 aliphatic carbocycles. The van der Waals surface area contributed by atoms with Gasteiger partial charge >= 0.3 is 0 Å². The average molecular weight is 279 g/mol. The van der Waals surface area contributed by atoms with Gasteiger partial charge in [-0.3, -0.25) is 0 Å². The molecule has 0 aliphatic heterocycles. The lowest BCUT2D eigenvalue weighted by Gasteiger charge is -2.10. The molecule has 0 aromatic heterocycles. The summed E-state index contributed by atoms with van der Waals surface area (Å²) in [6, 6.07) is 5.85. The van der Waals surface area contributed by atoms with Crippen LogP contribution in [0.25, 0.3) is 0 Å². The van der Waals surface area contributed by atoms with Crippen molar-refractivity contribution in [2.75, 3.05) is 13.7 Å². The van der Waals surface area contributed by atoms with Gasteiger partial charge in [-0.15, -0.1) is 0 Å². The van der Waals surface area contributed by atoms with Crippen LogP contribution in [0, 0.1) is 0 Å². The lowest BCUT2D eigenvalue weighted by molar-refractivity contribution is 0.301. The van der Waals surface area contributed by atoms with Gasteiger partial charge in [0.15, 0.2) is 0 Å². The zero-order valence-corrected chi connectivity index (χ0v) is 13.0. The van der Waals surface area contributed by atoms with Gasteiger partial charge in [0.2, 0.25) is 0 Å². The van der Waals surface area contributed by atoms with Crippen molar-refractivity contribution in [3.63, 3.8) is 0 Å². The SMILES string of the molecule is CCCCCCCCCOc1cc(CN)cc(OC)c1. The van der Waals surface area contributed by atoms with Crippen molar-refractivity contribution in [3.05, 3.63) is 23.8 Å². The summed E-state index contributed by atoms with van der Waals surface area (Å²) in [5, 5.41) is 0. The maximum Gasteiger partial charge on any atom is 0.123 e. The van der Waals surface area contributed by atoms with Crippen LogP contribution in [0.1, 0.15) is 57.4 Å². The highest BCUT2D eigenvalue weighted by Gasteiger charge is 2.01. The highest BCUT2D eigenvalue weighted by atomic mass is 16.5. The highest BCUT2D eigenvalue weighted by Crippen LogP contribution is 2.22. The fourth-order valence-electron chi connectivity index (χ4n) is 2.20. The Morgan fingerprint density at radius 3 is 2.20 bits per heavy atom. The summed E-state index contributed by atoms with van der Waals surface area (Å²) in [7, 11) is 1.66. The molecular weight excluding hydrogens is 250 g/mol. The van der Waals surface area contributed by atoms with Gasteiger partial charge in [-0.2, -0.15) is 0 Å². The molecule has 1 aromatic carbocycles. The Morgan fingerprint density at radius 1 is 0.900 bits per heavy atom. The van der Waals surface area contributed by atoms with Crippen molar-refractivity contribution < 1.29 is 9.47 Å². The molecule has 20 heavy (non-hydrogen) atoms. The van der Waals surface area contributed by atoms with Crippen molar-refractivity contribution in [1.82, 2.24) is 0 Å². The Bertz CT molecular complexity index is 344. The van der Waals surface area contributed by atoms with E-state index in [1.54, 1.807) is 7.11 Å². The van der Waals surface area contributed by atoms with Gasteiger partial charge in [-0.1, -0.05) is 45.4 Å². The third-order valence-electron chi connectivity index (χ3n) is 3.43. The summed E-state index contributed by atoms with van der Waals surface area (Å²) in [6.45, 7) is 3.52. The van der Waals surface area contributed by atoms with Crippen LogP contribution in [0.5, 0.6) is 11.5 Å². The molecule has 0 spiro atoms. The van der Waals surface area contributed by atoms with Crippen LogP contribution in [-0.4, -0.2) is 13.7 Å². The number of methoxy groups -OCH3 is 1. The lowest BCUT2D eigenvalue weighted by atomic mass is 10.1. The molecule has 0 bridgehead atoms. The van der Waals surface area contributed by atoms with E-state index >= 15 is 0 Å². The molecule has 2 N–H and O–H groups in total. The molecule has 1 rings (SSSR count). The minimum atomic E-state index is 0.505. The number of hydrogen-bond donors (Lipinski definition) is 1. The van der Waals surface area contributed by atoms with Crippen molar-refractivity contribution in [2.45, 2.75) is 58.4 Å². The smallest absolute Gasteiger partial charge is 0.123 e. The molecule has 0 saturated heterocycles. The van der Waals surface area contributed by atoms with Crippen LogP contribution in [0.3, 0.4) is 0 Å². The zero-order chi connectivity index (χ0) is 14.6. The molecule has 0 fully saturated rings. The van der Waals surface area contributed by atoms with E-state index in [1.165, 1.54) is 38.5 Å². The number of rotatable bonds is 11. The van der Waals surface area contributed by atoms with Gasteiger partial charge in [-0.05, 0) is 24.1 Å². The summed E-state index contributed by atoms with van der Waals surface area (Å²) in [5.41, 5.74) is 6.71. The number of hydrogen-bond acceptors (Lipinski definition) is 3. The maximum atomic E-state index is 5.78. The molecule has 3 nitrogen and oxygen atoms in total. The Morgan fingerprint density at radius 2 is 1.55 bits per heavy atom. The Labute approximate surface area is 123 Å². The standard InChI is InChI=1S/C17H29NO2/c1-3-4-5-6-7-8-9-10-20-17-12-15(14-18)11-16(13-17)19-2/h11-13H,3-10,14,18H2,1-2H3. The first-order chi connectivity index (χ1) is 9.80. The zero-order valence-electron chi connectivity index (χ0n) is 13.0. The van der Waals surface area contributed by atoms with Crippen molar-refractivity contribution in [3.8, 4) is 11.5 Å². The van der Waals surface area contributed by atoms with Gasteiger partial charge < -0.3 is 15.2 Å². The summed E-state index contributed by atoms with van der Waals surface area (Å²) in [4.78, 5) is 0. The third kappa shape index (κ3) is 6.80. The first-order valence-electron chi connectivity index (χ1n) is 7.81. The molecule has 0 saturated carbocycles. The van der Waals surface area contributed by atoms with E-state index in [1.807, 2.05) is 18.2 Å². The molecule has 0 atom stereocenters. The molecule has 0 heterocycles.